The highest BCUT2D eigenvalue weighted by molar-refractivity contribution is 5.98. The summed E-state index contributed by atoms with van der Waals surface area (Å²) in [4.78, 5) is 14.5. The lowest BCUT2D eigenvalue weighted by Gasteiger charge is -2.32. The van der Waals surface area contributed by atoms with E-state index in [9.17, 15) is 4.79 Å². The molecule has 1 aliphatic carbocycles. The van der Waals surface area contributed by atoms with Crippen LogP contribution in [0.5, 0.6) is 5.75 Å². The van der Waals surface area contributed by atoms with Crippen LogP contribution in [0.15, 0.2) is 60.7 Å². The number of fused-ring (bicyclic) bond motifs is 1. The molecule has 3 aromatic carbocycles. The highest BCUT2D eigenvalue weighted by Gasteiger charge is 2.23. The standard InChI is InChI=1S/C27H30N2O3/c1-19(29-12-14-31-15-13-29)20-6-8-21(9-7-20)26-17-24(16-22-4-2-3-5-25(22)26)32-18-27(30)28-23-10-11-23/h2-9,16-17,19,23H,10-15,18H2,1H3,(H,28,30). The smallest absolute Gasteiger partial charge is 0.258 e. The Labute approximate surface area is 189 Å². The molecule has 1 aliphatic heterocycles. The van der Waals surface area contributed by atoms with Crippen molar-refractivity contribution in [3.8, 4) is 16.9 Å². The van der Waals surface area contributed by atoms with E-state index in [1.54, 1.807) is 0 Å². The molecular weight excluding hydrogens is 400 g/mol. The van der Waals surface area contributed by atoms with Crippen molar-refractivity contribution in [2.45, 2.75) is 31.8 Å². The Hall–Kier alpha value is -2.89. The maximum absolute atomic E-state index is 12.1. The Balaban J connectivity index is 1.38. The average Bonchev–Trinajstić information content (AvgIpc) is 3.66. The molecule has 1 saturated carbocycles. The molecule has 5 rings (SSSR count). The molecule has 0 bridgehead atoms. The van der Waals surface area contributed by atoms with Gasteiger partial charge in [-0.1, -0.05) is 48.5 Å². The van der Waals surface area contributed by atoms with Crippen LogP contribution in [0.3, 0.4) is 0 Å². The molecule has 32 heavy (non-hydrogen) atoms. The number of morpholine rings is 1. The van der Waals surface area contributed by atoms with Crippen LogP contribution >= 0.6 is 0 Å². The van der Waals surface area contributed by atoms with E-state index in [-0.39, 0.29) is 12.5 Å². The number of nitrogens with one attached hydrogen (secondary N) is 1. The molecule has 0 radical (unpaired) electrons. The Morgan fingerprint density at radius 1 is 1.09 bits per heavy atom. The van der Waals surface area contributed by atoms with Gasteiger partial charge in [-0.05, 0) is 59.4 Å². The molecule has 1 amide bonds. The number of carbonyl (C=O) groups excluding carboxylic acids is 1. The third-order valence-corrected chi connectivity index (χ3v) is 6.45. The largest absolute Gasteiger partial charge is 0.484 e. The third-order valence-electron chi connectivity index (χ3n) is 6.45. The SMILES string of the molecule is CC(c1ccc(-c2cc(OCC(=O)NC3CC3)cc3ccccc23)cc1)N1CCOCC1. The van der Waals surface area contributed by atoms with Gasteiger partial charge in [-0.2, -0.15) is 0 Å². The fourth-order valence-corrected chi connectivity index (χ4v) is 4.37. The topological polar surface area (TPSA) is 50.8 Å². The van der Waals surface area contributed by atoms with E-state index < -0.39 is 0 Å². The molecule has 1 atom stereocenters. The van der Waals surface area contributed by atoms with Crippen LogP contribution in [0.1, 0.15) is 31.4 Å². The first-order valence-corrected chi connectivity index (χ1v) is 11.5. The van der Waals surface area contributed by atoms with E-state index in [4.69, 9.17) is 9.47 Å². The molecule has 0 spiro atoms. The highest BCUT2D eigenvalue weighted by Crippen LogP contribution is 2.34. The van der Waals surface area contributed by atoms with E-state index in [0.29, 0.717) is 12.1 Å². The number of benzene rings is 3. The van der Waals surface area contributed by atoms with Crippen molar-refractivity contribution >= 4 is 16.7 Å². The van der Waals surface area contributed by atoms with Crippen LogP contribution in [0.25, 0.3) is 21.9 Å². The van der Waals surface area contributed by atoms with Crippen LogP contribution in [0.2, 0.25) is 0 Å². The van der Waals surface area contributed by atoms with Gasteiger partial charge < -0.3 is 14.8 Å². The number of hydrogen-bond donors (Lipinski definition) is 1. The summed E-state index contributed by atoms with van der Waals surface area (Å²) in [6, 6.07) is 21.9. The van der Waals surface area contributed by atoms with Crippen LogP contribution in [-0.4, -0.2) is 49.8 Å². The minimum Gasteiger partial charge on any atom is -0.484 e. The molecule has 1 heterocycles. The first-order valence-electron chi connectivity index (χ1n) is 11.5. The molecule has 2 aliphatic rings. The lowest BCUT2D eigenvalue weighted by atomic mass is 9.96. The lowest BCUT2D eigenvalue weighted by molar-refractivity contribution is -0.123. The van der Waals surface area contributed by atoms with Gasteiger partial charge in [0, 0.05) is 25.2 Å². The van der Waals surface area contributed by atoms with E-state index in [0.717, 1.165) is 61.4 Å². The molecule has 1 N–H and O–H groups in total. The van der Waals surface area contributed by atoms with Crippen LogP contribution < -0.4 is 10.1 Å². The number of amides is 1. The molecular formula is C27H30N2O3. The first kappa shape index (κ1) is 21.0. The molecule has 3 aromatic rings. The minimum atomic E-state index is -0.0522. The van der Waals surface area contributed by atoms with E-state index in [2.05, 4.69) is 59.6 Å². The number of hydrogen-bond acceptors (Lipinski definition) is 4. The second-order valence-corrected chi connectivity index (χ2v) is 8.77. The Bertz CT molecular complexity index is 1090. The van der Waals surface area contributed by atoms with Crippen LogP contribution in [-0.2, 0) is 9.53 Å². The fourth-order valence-electron chi connectivity index (χ4n) is 4.37. The molecule has 0 aromatic heterocycles. The Morgan fingerprint density at radius 3 is 2.59 bits per heavy atom. The molecule has 5 nitrogen and oxygen atoms in total. The van der Waals surface area contributed by atoms with Gasteiger partial charge >= 0.3 is 0 Å². The zero-order chi connectivity index (χ0) is 21.9. The number of carbonyl (C=O) groups is 1. The van der Waals surface area contributed by atoms with Gasteiger partial charge in [-0.15, -0.1) is 0 Å². The predicted molar refractivity (Wildman–Crippen MR) is 127 cm³/mol. The van der Waals surface area contributed by atoms with E-state index in [1.165, 1.54) is 10.9 Å². The zero-order valence-electron chi connectivity index (χ0n) is 18.5. The Kier molecular flexibility index (Phi) is 6.10. The molecule has 1 unspecified atom stereocenters. The van der Waals surface area contributed by atoms with E-state index in [1.807, 2.05) is 18.2 Å². The van der Waals surface area contributed by atoms with Gasteiger partial charge in [-0.25, -0.2) is 0 Å². The van der Waals surface area contributed by atoms with Crippen LogP contribution in [0.4, 0.5) is 0 Å². The lowest BCUT2D eigenvalue weighted by Crippen LogP contribution is -2.37. The summed E-state index contributed by atoms with van der Waals surface area (Å²) in [5.74, 6) is 0.666. The van der Waals surface area contributed by atoms with E-state index >= 15 is 0 Å². The summed E-state index contributed by atoms with van der Waals surface area (Å²) in [6.45, 7) is 5.86. The van der Waals surface area contributed by atoms with Crippen molar-refractivity contribution in [2.24, 2.45) is 0 Å². The second kappa shape index (κ2) is 9.31. The summed E-state index contributed by atoms with van der Waals surface area (Å²) >= 11 is 0. The number of ether oxygens (including phenoxy) is 2. The van der Waals surface area contributed by atoms with Gasteiger partial charge in [-0.3, -0.25) is 9.69 Å². The van der Waals surface area contributed by atoms with Gasteiger partial charge in [0.05, 0.1) is 13.2 Å². The van der Waals surface area contributed by atoms with Crippen molar-refractivity contribution in [2.75, 3.05) is 32.9 Å². The Morgan fingerprint density at radius 2 is 1.84 bits per heavy atom. The normalized spacial score (nSPS) is 17.8. The highest BCUT2D eigenvalue weighted by atomic mass is 16.5. The van der Waals surface area contributed by atoms with Crippen molar-refractivity contribution in [3.05, 3.63) is 66.2 Å². The summed E-state index contributed by atoms with van der Waals surface area (Å²) in [6.07, 6.45) is 2.15. The maximum Gasteiger partial charge on any atom is 0.258 e. The number of nitrogens with zero attached hydrogens (tertiary/aromatic N) is 1. The maximum atomic E-state index is 12.1. The predicted octanol–water partition coefficient (Wildman–Crippen LogP) is 4.56. The van der Waals surface area contributed by atoms with Crippen molar-refractivity contribution in [1.82, 2.24) is 10.2 Å². The fraction of sp³-hybridized carbons (Fsp3) is 0.370. The minimum absolute atomic E-state index is 0.0459. The first-order chi connectivity index (χ1) is 15.7. The van der Waals surface area contributed by atoms with Gasteiger partial charge in [0.1, 0.15) is 5.75 Å². The van der Waals surface area contributed by atoms with Crippen molar-refractivity contribution < 1.29 is 14.3 Å². The molecule has 1 saturated heterocycles. The summed E-state index contributed by atoms with van der Waals surface area (Å²) in [5, 5.41) is 5.26. The number of rotatable bonds is 7. The quantitative estimate of drug-likeness (QED) is 0.597. The molecule has 2 fully saturated rings. The van der Waals surface area contributed by atoms with Gasteiger partial charge in [0.15, 0.2) is 6.61 Å². The van der Waals surface area contributed by atoms with Gasteiger partial charge in [0.2, 0.25) is 0 Å². The second-order valence-electron chi connectivity index (χ2n) is 8.77. The summed E-state index contributed by atoms with van der Waals surface area (Å²) in [7, 11) is 0. The molecule has 5 heteroatoms. The molecule has 166 valence electrons. The average molecular weight is 431 g/mol. The monoisotopic (exact) mass is 430 g/mol. The van der Waals surface area contributed by atoms with Crippen molar-refractivity contribution in [1.29, 1.82) is 0 Å². The van der Waals surface area contributed by atoms with Crippen LogP contribution in [0, 0.1) is 0 Å². The summed E-state index contributed by atoms with van der Waals surface area (Å²) < 4.78 is 11.4. The van der Waals surface area contributed by atoms with Gasteiger partial charge in [0.25, 0.3) is 5.91 Å². The zero-order valence-corrected chi connectivity index (χ0v) is 18.5. The van der Waals surface area contributed by atoms with Crippen molar-refractivity contribution in [3.63, 3.8) is 0 Å². The third kappa shape index (κ3) is 4.79. The summed E-state index contributed by atoms with van der Waals surface area (Å²) in [5.41, 5.74) is 3.57.